The molecule has 2 N–H and O–H groups in total. The van der Waals surface area contributed by atoms with Crippen LogP contribution in [0.4, 0.5) is 11.8 Å². The molecule has 206 valence electrons. The van der Waals surface area contributed by atoms with Gasteiger partial charge in [-0.05, 0) is 68.4 Å². The molecule has 38 heavy (non-hydrogen) atoms. The van der Waals surface area contributed by atoms with Crippen LogP contribution in [0.2, 0.25) is 0 Å². The number of para-hydroxylation sites is 1. The third-order valence-corrected chi connectivity index (χ3v) is 9.08. The van der Waals surface area contributed by atoms with E-state index in [2.05, 4.69) is 16.7 Å². The van der Waals surface area contributed by atoms with Gasteiger partial charge < -0.3 is 15.5 Å². The summed E-state index contributed by atoms with van der Waals surface area (Å²) >= 11 is 0. The van der Waals surface area contributed by atoms with Crippen molar-refractivity contribution < 1.29 is 8.42 Å². The molecule has 1 aliphatic carbocycles. The summed E-state index contributed by atoms with van der Waals surface area (Å²) < 4.78 is 27.6. The number of hydrogen-bond acceptors (Lipinski definition) is 7. The highest BCUT2D eigenvalue weighted by atomic mass is 32.2. The molecule has 0 amide bonds. The molecule has 0 aliphatic heterocycles. The highest BCUT2D eigenvalue weighted by molar-refractivity contribution is 7.89. The van der Waals surface area contributed by atoms with Gasteiger partial charge in [-0.1, -0.05) is 38.1 Å². The summed E-state index contributed by atoms with van der Waals surface area (Å²) in [5.41, 5.74) is 2.05. The second kappa shape index (κ2) is 12.9. The van der Waals surface area contributed by atoms with E-state index in [1.807, 2.05) is 63.2 Å². The van der Waals surface area contributed by atoms with Crippen LogP contribution in [0.25, 0.3) is 10.9 Å². The van der Waals surface area contributed by atoms with Crippen molar-refractivity contribution in [2.24, 2.45) is 0 Å². The second-order valence-electron chi connectivity index (χ2n) is 10.4. The molecule has 3 aromatic rings. The van der Waals surface area contributed by atoms with Crippen molar-refractivity contribution in [1.29, 1.82) is 0 Å². The summed E-state index contributed by atoms with van der Waals surface area (Å²) in [4.78, 5) is 11.9. The molecular formula is C29H42N6O2S. The third kappa shape index (κ3) is 6.81. The number of aromatic nitrogens is 2. The van der Waals surface area contributed by atoms with Crippen molar-refractivity contribution in [2.45, 2.75) is 75.9 Å². The van der Waals surface area contributed by atoms with E-state index in [0.29, 0.717) is 36.0 Å². The average molecular weight is 539 g/mol. The van der Waals surface area contributed by atoms with Gasteiger partial charge in [0.1, 0.15) is 5.82 Å². The summed E-state index contributed by atoms with van der Waals surface area (Å²) in [6, 6.07) is 16.3. The first-order chi connectivity index (χ1) is 18.3. The van der Waals surface area contributed by atoms with Gasteiger partial charge in [-0.2, -0.15) is 9.29 Å². The Balaban J connectivity index is 1.29. The zero-order valence-electron chi connectivity index (χ0n) is 23.2. The van der Waals surface area contributed by atoms with Crippen LogP contribution in [-0.2, 0) is 16.6 Å². The van der Waals surface area contributed by atoms with Crippen molar-refractivity contribution in [3.63, 3.8) is 0 Å². The molecule has 1 saturated carbocycles. The first-order valence-electron chi connectivity index (χ1n) is 13.8. The molecule has 2 aromatic carbocycles. The molecule has 1 fully saturated rings. The maximum absolute atomic E-state index is 13.0. The number of fused-ring (bicyclic) bond motifs is 1. The van der Waals surface area contributed by atoms with Crippen LogP contribution < -0.4 is 15.5 Å². The van der Waals surface area contributed by atoms with E-state index in [4.69, 9.17) is 9.97 Å². The fraction of sp³-hybridized carbons (Fsp3) is 0.517. The van der Waals surface area contributed by atoms with Gasteiger partial charge in [0.25, 0.3) is 0 Å². The first kappa shape index (κ1) is 28.3. The molecule has 1 heterocycles. The molecule has 0 bridgehead atoms. The van der Waals surface area contributed by atoms with Crippen LogP contribution in [0.3, 0.4) is 0 Å². The second-order valence-corrected chi connectivity index (χ2v) is 12.3. The van der Waals surface area contributed by atoms with Crippen LogP contribution >= 0.6 is 0 Å². The zero-order chi connectivity index (χ0) is 27.1. The number of anilines is 2. The highest BCUT2D eigenvalue weighted by Gasteiger charge is 2.24. The van der Waals surface area contributed by atoms with Gasteiger partial charge in [0.2, 0.25) is 16.0 Å². The van der Waals surface area contributed by atoms with Crippen molar-refractivity contribution in [2.75, 3.05) is 37.4 Å². The number of nitrogens with zero attached hydrogens (tertiary/aromatic N) is 4. The van der Waals surface area contributed by atoms with E-state index >= 15 is 0 Å². The van der Waals surface area contributed by atoms with Crippen LogP contribution in [-0.4, -0.2) is 62.0 Å². The van der Waals surface area contributed by atoms with Gasteiger partial charge >= 0.3 is 0 Å². The quantitative estimate of drug-likeness (QED) is 0.335. The summed E-state index contributed by atoms with van der Waals surface area (Å²) in [5, 5.41) is 8.30. The fourth-order valence-corrected chi connectivity index (χ4v) is 6.76. The molecule has 0 unspecified atom stereocenters. The number of nitrogens with one attached hydrogen (secondary N) is 2. The third-order valence-electron chi connectivity index (χ3n) is 7.17. The lowest BCUT2D eigenvalue weighted by Gasteiger charge is -2.30. The van der Waals surface area contributed by atoms with Crippen LogP contribution in [0, 0.1) is 0 Å². The molecule has 0 atom stereocenters. The predicted octanol–water partition coefficient (Wildman–Crippen LogP) is 5.02. The van der Waals surface area contributed by atoms with E-state index in [1.165, 1.54) is 0 Å². The topological polar surface area (TPSA) is 90.5 Å². The van der Waals surface area contributed by atoms with Crippen molar-refractivity contribution in [1.82, 2.24) is 19.6 Å². The lowest BCUT2D eigenvalue weighted by Crippen LogP contribution is -2.37. The Hall–Kier alpha value is -2.75. The van der Waals surface area contributed by atoms with Crippen molar-refractivity contribution in [3.05, 3.63) is 54.1 Å². The van der Waals surface area contributed by atoms with E-state index in [-0.39, 0.29) is 0 Å². The van der Waals surface area contributed by atoms with E-state index in [0.717, 1.165) is 67.4 Å². The molecular weight excluding hydrogens is 496 g/mol. The maximum atomic E-state index is 13.0. The minimum absolute atomic E-state index is 0.350. The minimum atomic E-state index is -3.44. The van der Waals surface area contributed by atoms with Gasteiger partial charge in [0.05, 0.1) is 10.4 Å². The largest absolute Gasteiger partial charge is 0.362 e. The molecule has 1 aliphatic rings. The van der Waals surface area contributed by atoms with Crippen LogP contribution in [0.1, 0.15) is 57.9 Å². The normalized spacial score (nSPS) is 18.1. The summed E-state index contributed by atoms with van der Waals surface area (Å²) in [6.07, 6.45) is 5.86. The minimum Gasteiger partial charge on any atom is -0.362 e. The maximum Gasteiger partial charge on any atom is 0.243 e. The van der Waals surface area contributed by atoms with Gasteiger partial charge in [-0.25, -0.2) is 13.4 Å². The van der Waals surface area contributed by atoms with Crippen molar-refractivity contribution in [3.8, 4) is 0 Å². The number of sulfonamides is 1. The molecule has 0 spiro atoms. The van der Waals surface area contributed by atoms with Crippen LogP contribution in [0.15, 0.2) is 53.4 Å². The molecule has 0 radical (unpaired) electrons. The van der Waals surface area contributed by atoms with Crippen LogP contribution in [0.5, 0.6) is 0 Å². The SMILES string of the molecule is CCCN(CCC)S(=O)(=O)c1ccc(CNC2CCC(Nc3nc(N(C)C)c4ccccc4n3)CC2)cc1. The average Bonchev–Trinajstić information content (AvgIpc) is 2.92. The van der Waals surface area contributed by atoms with E-state index < -0.39 is 10.0 Å². The fourth-order valence-electron chi connectivity index (χ4n) is 5.13. The van der Waals surface area contributed by atoms with E-state index in [9.17, 15) is 8.42 Å². The van der Waals surface area contributed by atoms with Gasteiger partial charge in [0.15, 0.2) is 0 Å². The number of hydrogen-bond donors (Lipinski definition) is 2. The Bertz CT molecular complexity index is 1280. The van der Waals surface area contributed by atoms with Crippen molar-refractivity contribution >= 4 is 32.7 Å². The lowest BCUT2D eigenvalue weighted by atomic mass is 9.91. The lowest BCUT2D eigenvalue weighted by molar-refractivity contribution is 0.352. The molecule has 1 aromatic heterocycles. The molecule has 0 saturated heterocycles. The molecule has 8 nitrogen and oxygen atoms in total. The summed E-state index contributed by atoms with van der Waals surface area (Å²) in [5.74, 6) is 1.62. The van der Waals surface area contributed by atoms with Gasteiger partial charge in [-0.15, -0.1) is 0 Å². The summed E-state index contributed by atoms with van der Waals surface area (Å²) in [7, 11) is 0.582. The Morgan fingerprint density at radius 2 is 1.50 bits per heavy atom. The van der Waals surface area contributed by atoms with E-state index in [1.54, 1.807) is 16.4 Å². The smallest absolute Gasteiger partial charge is 0.243 e. The molecule has 9 heteroatoms. The zero-order valence-corrected chi connectivity index (χ0v) is 24.0. The van der Waals surface area contributed by atoms with Gasteiger partial charge in [0, 0.05) is 51.2 Å². The first-order valence-corrected chi connectivity index (χ1v) is 15.3. The standard InChI is InChI=1S/C29H42N6O2S/c1-5-19-35(20-6-2)38(36,37)25-17-11-22(12-18-25)21-30-23-13-15-24(16-14-23)31-29-32-27-10-8-7-9-26(27)28(33-29)34(3)4/h7-12,17-18,23-24,30H,5-6,13-16,19-21H2,1-4H3,(H,31,32,33). The number of benzene rings is 2. The Kier molecular flexibility index (Phi) is 9.57. The number of rotatable bonds is 12. The molecule has 4 rings (SSSR count). The Morgan fingerprint density at radius 3 is 2.13 bits per heavy atom. The van der Waals surface area contributed by atoms with Gasteiger partial charge in [-0.3, -0.25) is 0 Å². The Labute approximate surface area is 227 Å². The summed E-state index contributed by atoms with van der Waals surface area (Å²) in [6.45, 7) is 5.86. The monoisotopic (exact) mass is 538 g/mol. The predicted molar refractivity (Wildman–Crippen MR) is 156 cm³/mol. The highest BCUT2D eigenvalue weighted by Crippen LogP contribution is 2.26. The Morgan fingerprint density at radius 1 is 0.868 bits per heavy atom.